The molecule has 0 spiro atoms. The van der Waals surface area contributed by atoms with E-state index in [9.17, 15) is 4.79 Å². The number of nitrogens with zero attached hydrogens (tertiary/aromatic N) is 2. The molecule has 1 amide bonds. The van der Waals surface area contributed by atoms with E-state index in [0.717, 1.165) is 70.0 Å². The van der Waals surface area contributed by atoms with Gasteiger partial charge in [0.2, 0.25) is 0 Å². The Morgan fingerprint density at radius 3 is 2.91 bits per heavy atom. The van der Waals surface area contributed by atoms with Gasteiger partial charge in [-0.25, -0.2) is 0 Å². The second-order valence-electron chi connectivity index (χ2n) is 7.15. The molecule has 1 aromatic heterocycles. The molecule has 0 radical (unpaired) electrons. The minimum atomic E-state index is 0.135. The molecule has 1 N–H and O–H groups in total. The number of piperazine rings is 1. The van der Waals surface area contributed by atoms with Crippen LogP contribution in [0.2, 0.25) is 0 Å². The van der Waals surface area contributed by atoms with Gasteiger partial charge in [-0.2, -0.15) is 0 Å². The summed E-state index contributed by atoms with van der Waals surface area (Å²) >= 11 is 1.77. The third-order valence-electron chi connectivity index (χ3n) is 5.18. The van der Waals surface area contributed by atoms with E-state index in [-0.39, 0.29) is 5.91 Å². The SMILES string of the molecule is CC1CCc2c(C(=O)NCCCN3CCN(C)CC3)csc2C1. The molecule has 0 saturated carbocycles. The lowest BCUT2D eigenvalue weighted by Crippen LogP contribution is -2.45. The number of rotatable bonds is 5. The molecule has 1 saturated heterocycles. The fourth-order valence-corrected chi connectivity index (χ4v) is 4.78. The van der Waals surface area contributed by atoms with Crippen LogP contribution in [0, 0.1) is 5.92 Å². The van der Waals surface area contributed by atoms with Crippen LogP contribution in [-0.4, -0.2) is 62.0 Å². The Labute approximate surface area is 143 Å². The highest BCUT2D eigenvalue weighted by Crippen LogP contribution is 2.32. The fourth-order valence-electron chi connectivity index (χ4n) is 3.54. The van der Waals surface area contributed by atoms with Crippen LogP contribution in [0.1, 0.15) is 40.6 Å². The van der Waals surface area contributed by atoms with Crippen molar-refractivity contribution in [3.8, 4) is 0 Å². The molecule has 1 aliphatic heterocycles. The fraction of sp³-hybridized carbons (Fsp3) is 0.722. The Morgan fingerprint density at radius 1 is 1.35 bits per heavy atom. The number of hydrogen-bond acceptors (Lipinski definition) is 4. The maximum absolute atomic E-state index is 12.4. The lowest BCUT2D eigenvalue weighted by Gasteiger charge is -2.32. The quantitative estimate of drug-likeness (QED) is 0.838. The molecule has 3 rings (SSSR count). The van der Waals surface area contributed by atoms with Crippen LogP contribution in [0.5, 0.6) is 0 Å². The number of carbonyl (C=O) groups excluding carboxylic acids is 1. The first-order valence-electron chi connectivity index (χ1n) is 8.92. The van der Waals surface area contributed by atoms with Crippen LogP contribution in [0.4, 0.5) is 0 Å². The molecule has 2 heterocycles. The van der Waals surface area contributed by atoms with E-state index < -0.39 is 0 Å². The van der Waals surface area contributed by atoms with Crippen molar-refractivity contribution in [1.29, 1.82) is 0 Å². The highest BCUT2D eigenvalue weighted by Gasteiger charge is 2.23. The first-order chi connectivity index (χ1) is 11.1. The van der Waals surface area contributed by atoms with E-state index in [1.807, 2.05) is 0 Å². The van der Waals surface area contributed by atoms with Crippen molar-refractivity contribution in [3.63, 3.8) is 0 Å². The number of likely N-dealkylation sites (N-methyl/N-ethyl adjacent to an activating group) is 1. The number of carbonyl (C=O) groups is 1. The average molecular weight is 336 g/mol. The maximum atomic E-state index is 12.4. The first-order valence-corrected chi connectivity index (χ1v) is 9.80. The van der Waals surface area contributed by atoms with Crippen LogP contribution in [0.3, 0.4) is 0 Å². The summed E-state index contributed by atoms with van der Waals surface area (Å²) in [6, 6.07) is 0. The number of fused-ring (bicyclic) bond motifs is 1. The minimum Gasteiger partial charge on any atom is -0.352 e. The second kappa shape index (κ2) is 7.77. The molecule has 0 bridgehead atoms. The Kier molecular flexibility index (Phi) is 5.72. The Hall–Kier alpha value is -0.910. The zero-order valence-corrected chi connectivity index (χ0v) is 15.3. The molecule has 2 aliphatic rings. The zero-order valence-electron chi connectivity index (χ0n) is 14.4. The monoisotopic (exact) mass is 335 g/mol. The molecule has 1 aliphatic carbocycles. The van der Waals surface area contributed by atoms with Crippen molar-refractivity contribution >= 4 is 17.2 Å². The van der Waals surface area contributed by atoms with E-state index in [1.54, 1.807) is 11.3 Å². The summed E-state index contributed by atoms with van der Waals surface area (Å²) in [6.07, 6.45) is 4.48. The van der Waals surface area contributed by atoms with Crippen molar-refractivity contribution in [2.24, 2.45) is 5.92 Å². The van der Waals surface area contributed by atoms with Gasteiger partial charge in [0.1, 0.15) is 0 Å². The van der Waals surface area contributed by atoms with Gasteiger partial charge in [0.05, 0.1) is 5.56 Å². The van der Waals surface area contributed by atoms with Crippen LogP contribution >= 0.6 is 11.3 Å². The summed E-state index contributed by atoms with van der Waals surface area (Å²) in [6.45, 7) is 8.80. The summed E-state index contributed by atoms with van der Waals surface area (Å²) in [5.74, 6) is 0.899. The first kappa shape index (κ1) is 16.9. The van der Waals surface area contributed by atoms with Crippen molar-refractivity contribution in [2.75, 3.05) is 46.3 Å². The zero-order chi connectivity index (χ0) is 16.2. The number of hydrogen-bond donors (Lipinski definition) is 1. The standard InChI is InChI=1S/C18H29N3OS/c1-14-4-5-15-16(13-23-17(15)12-14)18(22)19-6-3-7-21-10-8-20(2)9-11-21/h13-14H,3-12H2,1-2H3,(H,19,22). The average Bonchev–Trinajstić information content (AvgIpc) is 2.96. The van der Waals surface area contributed by atoms with E-state index >= 15 is 0 Å². The Balaban J connectivity index is 1.42. The smallest absolute Gasteiger partial charge is 0.252 e. The number of thiophene rings is 1. The molecule has 1 fully saturated rings. The molecule has 1 unspecified atom stereocenters. The van der Waals surface area contributed by atoms with E-state index in [0.29, 0.717) is 0 Å². The van der Waals surface area contributed by atoms with Gasteiger partial charge in [-0.15, -0.1) is 11.3 Å². The summed E-state index contributed by atoms with van der Waals surface area (Å²) < 4.78 is 0. The topological polar surface area (TPSA) is 35.6 Å². The number of nitrogens with one attached hydrogen (secondary N) is 1. The van der Waals surface area contributed by atoms with Gasteiger partial charge in [-0.3, -0.25) is 4.79 Å². The summed E-state index contributed by atoms with van der Waals surface area (Å²) in [4.78, 5) is 18.7. The maximum Gasteiger partial charge on any atom is 0.252 e. The van der Waals surface area contributed by atoms with Gasteiger partial charge in [0.25, 0.3) is 5.91 Å². The molecule has 1 aromatic rings. The van der Waals surface area contributed by atoms with Gasteiger partial charge in [0, 0.05) is 43.0 Å². The van der Waals surface area contributed by atoms with Gasteiger partial charge in [-0.05, 0) is 50.8 Å². The normalized spacial score (nSPS) is 22.8. The minimum absolute atomic E-state index is 0.135. The van der Waals surface area contributed by atoms with Crippen LogP contribution in [0.15, 0.2) is 5.38 Å². The van der Waals surface area contributed by atoms with Crippen molar-refractivity contribution in [2.45, 2.75) is 32.6 Å². The van der Waals surface area contributed by atoms with Crippen LogP contribution in [0.25, 0.3) is 0 Å². The summed E-state index contributed by atoms with van der Waals surface area (Å²) in [7, 11) is 2.18. The highest BCUT2D eigenvalue weighted by atomic mass is 32.1. The van der Waals surface area contributed by atoms with Crippen molar-refractivity contribution in [3.05, 3.63) is 21.4 Å². The highest BCUT2D eigenvalue weighted by molar-refractivity contribution is 7.10. The Morgan fingerprint density at radius 2 is 2.13 bits per heavy atom. The predicted octanol–water partition coefficient (Wildman–Crippen LogP) is 2.24. The molecule has 23 heavy (non-hydrogen) atoms. The van der Waals surface area contributed by atoms with Gasteiger partial charge >= 0.3 is 0 Å². The van der Waals surface area contributed by atoms with Gasteiger partial charge in [0.15, 0.2) is 0 Å². The lowest BCUT2D eigenvalue weighted by atomic mass is 9.88. The number of amides is 1. The van der Waals surface area contributed by atoms with E-state index in [1.165, 1.54) is 16.9 Å². The largest absolute Gasteiger partial charge is 0.352 e. The molecular formula is C18H29N3OS. The Bertz CT molecular complexity index is 534. The molecule has 0 aromatic carbocycles. The van der Waals surface area contributed by atoms with E-state index in [2.05, 4.69) is 34.5 Å². The van der Waals surface area contributed by atoms with E-state index in [4.69, 9.17) is 0 Å². The third kappa shape index (κ3) is 4.34. The molecule has 1 atom stereocenters. The summed E-state index contributed by atoms with van der Waals surface area (Å²) in [5, 5.41) is 5.19. The van der Waals surface area contributed by atoms with Crippen LogP contribution < -0.4 is 5.32 Å². The summed E-state index contributed by atoms with van der Waals surface area (Å²) in [5.41, 5.74) is 2.26. The second-order valence-corrected chi connectivity index (χ2v) is 8.12. The predicted molar refractivity (Wildman–Crippen MR) is 96.4 cm³/mol. The molecular weight excluding hydrogens is 306 g/mol. The van der Waals surface area contributed by atoms with Crippen LogP contribution in [-0.2, 0) is 12.8 Å². The molecule has 4 nitrogen and oxygen atoms in total. The van der Waals surface area contributed by atoms with Gasteiger partial charge < -0.3 is 15.1 Å². The van der Waals surface area contributed by atoms with Crippen molar-refractivity contribution < 1.29 is 4.79 Å². The van der Waals surface area contributed by atoms with Gasteiger partial charge in [-0.1, -0.05) is 6.92 Å². The molecule has 5 heteroatoms. The third-order valence-corrected chi connectivity index (χ3v) is 6.23. The van der Waals surface area contributed by atoms with Crippen molar-refractivity contribution in [1.82, 2.24) is 15.1 Å². The lowest BCUT2D eigenvalue weighted by molar-refractivity contribution is 0.0948. The molecule has 128 valence electrons.